The Kier molecular flexibility index (Phi) is 8.45. The quantitative estimate of drug-likeness (QED) is 0.290. The summed E-state index contributed by atoms with van der Waals surface area (Å²) in [7, 11) is 0. The molecule has 1 unspecified atom stereocenters. The number of carbonyl (C=O) groups is 1. The van der Waals surface area contributed by atoms with E-state index in [0.717, 1.165) is 79.5 Å². The fourth-order valence-corrected chi connectivity index (χ4v) is 5.31. The molecule has 31 heavy (non-hydrogen) atoms. The van der Waals surface area contributed by atoms with E-state index in [4.69, 9.17) is 11.7 Å². The number of benzene rings is 1. The summed E-state index contributed by atoms with van der Waals surface area (Å²) < 4.78 is 0. The Hall–Kier alpha value is -2.42. The van der Waals surface area contributed by atoms with Gasteiger partial charge in [-0.2, -0.15) is 0 Å². The molecule has 0 fully saturated rings. The van der Waals surface area contributed by atoms with Crippen LogP contribution in [0.25, 0.3) is 10.4 Å². The lowest BCUT2D eigenvalue weighted by Gasteiger charge is -2.17. The highest BCUT2D eigenvalue weighted by atomic mass is 32.1. The van der Waals surface area contributed by atoms with Gasteiger partial charge >= 0.3 is 5.97 Å². The number of hydrogen-bond acceptors (Lipinski definition) is 3. The van der Waals surface area contributed by atoms with Crippen LogP contribution < -0.4 is 0 Å². The van der Waals surface area contributed by atoms with Gasteiger partial charge in [0.05, 0.1) is 12.7 Å². The first kappa shape index (κ1) is 23.2. The van der Waals surface area contributed by atoms with Gasteiger partial charge in [-0.15, -0.1) is 11.3 Å². The highest BCUT2D eigenvalue weighted by Gasteiger charge is 2.26. The van der Waals surface area contributed by atoms with E-state index in [2.05, 4.69) is 23.9 Å². The van der Waals surface area contributed by atoms with Crippen molar-refractivity contribution in [2.24, 2.45) is 5.92 Å². The Bertz CT molecular complexity index is 952. The van der Waals surface area contributed by atoms with Crippen molar-refractivity contribution >= 4 is 22.9 Å². The van der Waals surface area contributed by atoms with Gasteiger partial charge in [0.1, 0.15) is 4.88 Å². The van der Waals surface area contributed by atoms with Crippen LogP contribution in [0, 0.1) is 12.5 Å². The van der Waals surface area contributed by atoms with E-state index >= 15 is 0 Å². The lowest BCUT2D eigenvalue weighted by atomic mass is 9.89. The summed E-state index contributed by atoms with van der Waals surface area (Å²) in [6.45, 7) is 9.76. The van der Waals surface area contributed by atoms with Crippen LogP contribution in [0.3, 0.4) is 0 Å². The molecular formula is C26H31NO3S. The van der Waals surface area contributed by atoms with Gasteiger partial charge in [0, 0.05) is 4.88 Å². The molecule has 5 heteroatoms. The molecule has 2 aromatic rings. The molecule has 0 bridgehead atoms. The highest BCUT2D eigenvalue weighted by molar-refractivity contribution is 7.13. The standard InChI is InChI=1S/C26H31NO3S/c1-3-4-5-9-23(28)18-10-12-20(13-11-18)25-19(14-16-22(25)27-2)7-6-8-21-15-17-24(31-21)26(29)30/h10-13,15,17,19,23,28H,3-9,14,16H2,1H3,(H,29,30)/t19-,23?/m0/s1. The van der Waals surface area contributed by atoms with Crippen LogP contribution in [-0.4, -0.2) is 16.2 Å². The monoisotopic (exact) mass is 437 g/mol. The molecule has 164 valence electrons. The first-order chi connectivity index (χ1) is 15.0. The summed E-state index contributed by atoms with van der Waals surface area (Å²) in [5.41, 5.74) is 4.08. The van der Waals surface area contributed by atoms with Crippen LogP contribution in [0.5, 0.6) is 0 Å². The molecule has 1 aromatic heterocycles. The number of allylic oxidation sites excluding steroid dienone is 2. The fraction of sp³-hybridized carbons (Fsp3) is 0.462. The molecule has 2 atom stereocenters. The molecule has 0 saturated heterocycles. The summed E-state index contributed by atoms with van der Waals surface area (Å²) in [6.07, 6.45) is 8.36. The van der Waals surface area contributed by atoms with E-state index in [-0.39, 0.29) is 0 Å². The zero-order valence-corrected chi connectivity index (χ0v) is 19.0. The number of unbranched alkanes of at least 4 members (excludes halogenated alkanes) is 2. The maximum atomic E-state index is 11.1. The Morgan fingerprint density at radius 1 is 1.19 bits per heavy atom. The molecule has 1 aliphatic rings. The summed E-state index contributed by atoms with van der Waals surface area (Å²) >= 11 is 1.35. The van der Waals surface area contributed by atoms with Gasteiger partial charge in [0.25, 0.3) is 0 Å². The minimum absolute atomic E-state index is 0.364. The van der Waals surface area contributed by atoms with Crippen LogP contribution in [-0.2, 0) is 6.42 Å². The maximum Gasteiger partial charge on any atom is 0.345 e. The second-order valence-corrected chi connectivity index (χ2v) is 9.47. The van der Waals surface area contributed by atoms with Crippen molar-refractivity contribution in [1.82, 2.24) is 0 Å². The van der Waals surface area contributed by atoms with Gasteiger partial charge in [-0.1, -0.05) is 56.9 Å². The number of rotatable bonds is 11. The van der Waals surface area contributed by atoms with Crippen molar-refractivity contribution in [2.75, 3.05) is 0 Å². The van der Waals surface area contributed by atoms with Crippen LogP contribution in [0.1, 0.15) is 90.1 Å². The van der Waals surface area contributed by atoms with E-state index in [1.54, 1.807) is 6.07 Å². The minimum Gasteiger partial charge on any atom is -0.477 e. The number of aliphatic hydroxyl groups excluding tert-OH is 1. The summed E-state index contributed by atoms with van der Waals surface area (Å²) in [4.78, 5) is 16.4. The minimum atomic E-state index is -0.863. The van der Waals surface area contributed by atoms with Gasteiger partial charge in [-0.25, -0.2) is 9.64 Å². The molecular weight excluding hydrogens is 406 g/mol. The Morgan fingerprint density at radius 2 is 1.97 bits per heavy atom. The lowest BCUT2D eigenvalue weighted by Crippen LogP contribution is -2.02. The first-order valence-electron chi connectivity index (χ1n) is 11.2. The number of carboxylic acids is 1. The topological polar surface area (TPSA) is 61.9 Å². The smallest absolute Gasteiger partial charge is 0.345 e. The Labute approximate surface area is 189 Å². The molecule has 0 aliphatic heterocycles. The van der Waals surface area contributed by atoms with Crippen molar-refractivity contribution < 1.29 is 15.0 Å². The van der Waals surface area contributed by atoms with Gasteiger partial charge in [0.15, 0.2) is 5.70 Å². The van der Waals surface area contributed by atoms with E-state index in [0.29, 0.717) is 10.8 Å². The van der Waals surface area contributed by atoms with Crippen molar-refractivity contribution in [1.29, 1.82) is 0 Å². The number of aromatic carboxylic acids is 1. The third-order valence-electron chi connectivity index (χ3n) is 6.12. The van der Waals surface area contributed by atoms with Crippen molar-refractivity contribution in [3.8, 4) is 0 Å². The second kappa shape index (κ2) is 11.3. The number of thiophene rings is 1. The highest BCUT2D eigenvalue weighted by Crippen LogP contribution is 2.42. The Balaban J connectivity index is 1.63. The van der Waals surface area contributed by atoms with Gasteiger partial charge in [-0.3, -0.25) is 0 Å². The zero-order chi connectivity index (χ0) is 22.2. The van der Waals surface area contributed by atoms with Crippen LogP contribution in [0.4, 0.5) is 0 Å². The van der Waals surface area contributed by atoms with Crippen molar-refractivity contribution in [3.63, 3.8) is 0 Å². The molecule has 0 amide bonds. The summed E-state index contributed by atoms with van der Waals surface area (Å²) in [6, 6.07) is 11.7. The number of hydrogen-bond donors (Lipinski definition) is 2. The average molecular weight is 438 g/mol. The molecule has 0 saturated carbocycles. The van der Waals surface area contributed by atoms with Crippen LogP contribution >= 0.6 is 11.3 Å². The number of aliphatic hydroxyl groups is 1. The van der Waals surface area contributed by atoms with Gasteiger partial charge in [-0.05, 0) is 66.9 Å². The third-order valence-corrected chi connectivity index (χ3v) is 7.25. The number of aryl methyl sites for hydroxylation is 1. The van der Waals surface area contributed by atoms with E-state index < -0.39 is 12.1 Å². The maximum absolute atomic E-state index is 11.1. The van der Waals surface area contributed by atoms with Crippen LogP contribution in [0.2, 0.25) is 0 Å². The molecule has 1 aliphatic carbocycles. The lowest BCUT2D eigenvalue weighted by molar-refractivity contribution is 0.0702. The van der Waals surface area contributed by atoms with Crippen LogP contribution in [0.15, 0.2) is 42.1 Å². The first-order valence-corrected chi connectivity index (χ1v) is 12.1. The molecule has 1 aromatic carbocycles. The predicted molar refractivity (Wildman–Crippen MR) is 126 cm³/mol. The van der Waals surface area contributed by atoms with E-state index in [1.807, 2.05) is 18.2 Å². The summed E-state index contributed by atoms with van der Waals surface area (Å²) in [5.74, 6) is -0.499. The Morgan fingerprint density at radius 3 is 2.61 bits per heavy atom. The molecule has 0 spiro atoms. The second-order valence-electron chi connectivity index (χ2n) is 8.30. The predicted octanol–water partition coefficient (Wildman–Crippen LogP) is 7.12. The van der Waals surface area contributed by atoms with E-state index in [9.17, 15) is 9.90 Å². The molecule has 3 rings (SSSR count). The average Bonchev–Trinajstić information content (AvgIpc) is 3.41. The molecule has 2 N–H and O–H groups in total. The fourth-order valence-electron chi connectivity index (χ4n) is 4.42. The molecule has 0 radical (unpaired) electrons. The van der Waals surface area contributed by atoms with E-state index in [1.165, 1.54) is 16.9 Å². The van der Waals surface area contributed by atoms with Crippen molar-refractivity contribution in [3.05, 3.63) is 74.4 Å². The number of nitrogens with zero attached hydrogens (tertiary/aromatic N) is 1. The summed E-state index contributed by atoms with van der Waals surface area (Å²) in [5, 5.41) is 19.5. The number of carboxylic acid groups (broad SMARTS) is 1. The normalized spacial score (nSPS) is 17.0. The zero-order valence-electron chi connectivity index (χ0n) is 18.1. The third kappa shape index (κ3) is 6.06. The van der Waals surface area contributed by atoms with Gasteiger partial charge in [0.2, 0.25) is 0 Å². The largest absolute Gasteiger partial charge is 0.477 e. The van der Waals surface area contributed by atoms with Crippen molar-refractivity contribution in [2.45, 2.75) is 70.8 Å². The van der Waals surface area contributed by atoms with Gasteiger partial charge < -0.3 is 10.2 Å². The molecule has 1 heterocycles. The molecule has 4 nitrogen and oxygen atoms in total. The SMILES string of the molecule is [C-]#[N+]C1=C(c2ccc(C(O)CCCCC)cc2)[C@@H](CCCc2ccc(C(=O)O)s2)CC1.